The van der Waals surface area contributed by atoms with Crippen LogP contribution in [0, 0.1) is 11.3 Å². The van der Waals surface area contributed by atoms with E-state index in [0.717, 1.165) is 46.6 Å². The lowest BCUT2D eigenvalue weighted by Gasteiger charge is -2.11. The summed E-state index contributed by atoms with van der Waals surface area (Å²) in [5.41, 5.74) is 4.45. The number of hydrogen-bond donors (Lipinski definition) is 1. The van der Waals surface area contributed by atoms with Crippen LogP contribution in [0.2, 0.25) is 0 Å². The Morgan fingerprint density at radius 3 is 2.79 bits per heavy atom. The summed E-state index contributed by atoms with van der Waals surface area (Å²) in [4.78, 5) is 0. The number of nitriles is 1. The van der Waals surface area contributed by atoms with Gasteiger partial charge in [0.05, 0.1) is 23.4 Å². The number of aryl methyl sites for hydroxylation is 1. The van der Waals surface area contributed by atoms with Crippen molar-refractivity contribution in [2.75, 3.05) is 17.1 Å². The molecule has 1 aliphatic carbocycles. The lowest BCUT2D eigenvalue weighted by Crippen LogP contribution is -2.06. The number of rotatable bonds is 7. The summed E-state index contributed by atoms with van der Waals surface area (Å²) in [6, 6.07) is 8.20. The maximum absolute atomic E-state index is 11.9. The van der Waals surface area contributed by atoms with E-state index >= 15 is 0 Å². The molecule has 0 amide bonds. The summed E-state index contributed by atoms with van der Waals surface area (Å²) >= 11 is 0. The molecule has 0 saturated carbocycles. The van der Waals surface area contributed by atoms with Crippen LogP contribution in [0.5, 0.6) is 0 Å². The molecule has 0 bridgehead atoms. The third-order valence-corrected chi connectivity index (χ3v) is 5.66. The lowest BCUT2D eigenvalue weighted by molar-refractivity contribution is 0.242. The molecule has 0 spiro atoms. The molecule has 2 aromatic rings. The second kappa shape index (κ2) is 8.94. The van der Waals surface area contributed by atoms with Crippen molar-refractivity contribution in [3.63, 3.8) is 0 Å². The van der Waals surface area contributed by atoms with E-state index in [2.05, 4.69) is 28.4 Å². The molecule has 1 aromatic heterocycles. The molecule has 1 N–H and O–H groups in total. The zero-order chi connectivity index (χ0) is 20.1. The molecule has 3 rings (SSSR count). The van der Waals surface area contributed by atoms with E-state index in [9.17, 15) is 9.47 Å². The van der Waals surface area contributed by atoms with E-state index in [-0.39, 0.29) is 0 Å². The van der Waals surface area contributed by atoms with Gasteiger partial charge >= 0.3 is 0 Å². The van der Waals surface area contributed by atoms with Gasteiger partial charge in [0.25, 0.3) is 0 Å². The molecule has 146 valence electrons. The standard InChI is InChI=1S/C22H25N3O2S/c1-4-25-21-14-17(24-28(26)6-3)11-13-19(21)20(15-23)22(25)16-8-7-9-18(12-10-16)27-5-2/h7,9-14,24H,4-6,8H2,1-3H3. The van der Waals surface area contributed by atoms with Crippen molar-refractivity contribution in [3.8, 4) is 6.07 Å². The zero-order valence-corrected chi connectivity index (χ0v) is 17.3. The van der Waals surface area contributed by atoms with Gasteiger partial charge in [-0.2, -0.15) is 5.26 Å². The zero-order valence-electron chi connectivity index (χ0n) is 16.5. The predicted octanol–water partition coefficient (Wildman–Crippen LogP) is 4.89. The molecule has 0 saturated heterocycles. The summed E-state index contributed by atoms with van der Waals surface area (Å²) in [7, 11) is -1.11. The summed E-state index contributed by atoms with van der Waals surface area (Å²) in [5.74, 6) is 1.36. The number of allylic oxidation sites excluding steroid dienone is 5. The fourth-order valence-electron chi connectivity index (χ4n) is 3.44. The normalized spacial score (nSPS) is 14.8. The van der Waals surface area contributed by atoms with Crippen molar-refractivity contribution in [1.82, 2.24) is 4.57 Å². The first-order valence-corrected chi connectivity index (χ1v) is 10.9. The third kappa shape index (κ3) is 3.90. The number of nitrogens with zero attached hydrogens (tertiary/aromatic N) is 2. The largest absolute Gasteiger partial charge is 0.494 e. The van der Waals surface area contributed by atoms with Gasteiger partial charge in [0.15, 0.2) is 0 Å². The van der Waals surface area contributed by atoms with Crippen molar-refractivity contribution in [1.29, 1.82) is 5.26 Å². The average molecular weight is 396 g/mol. The molecule has 1 unspecified atom stereocenters. The minimum Gasteiger partial charge on any atom is -0.494 e. The van der Waals surface area contributed by atoms with E-state index in [0.29, 0.717) is 17.9 Å². The van der Waals surface area contributed by atoms with Crippen LogP contribution in [0.3, 0.4) is 0 Å². The Hall–Kier alpha value is -2.78. The average Bonchev–Trinajstić information content (AvgIpc) is 2.83. The molecule has 1 heterocycles. The SMILES string of the molecule is CCOC1=CC=C(c2c(C#N)c3ccc(NS(=O)CC)cc3n2CC)CC=C1. The van der Waals surface area contributed by atoms with Crippen LogP contribution < -0.4 is 4.72 Å². The minimum absolute atomic E-state index is 0.537. The number of benzene rings is 1. The molecular weight excluding hydrogens is 370 g/mol. The van der Waals surface area contributed by atoms with Gasteiger partial charge in [-0.1, -0.05) is 19.1 Å². The van der Waals surface area contributed by atoms with Gasteiger partial charge in [0.1, 0.15) is 22.8 Å². The van der Waals surface area contributed by atoms with E-state index in [1.165, 1.54) is 0 Å². The highest BCUT2D eigenvalue weighted by molar-refractivity contribution is 7.86. The topological polar surface area (TPSA) is 67.0 Å². The van der Waals surface area contributed by atoms with Gasteiger partial charge in [-0.05, 0) is 56.2 Å². The first-order valence-electron chi connectivity index (χ1n) is 9.54. The van der Waals surface area contributed by atoms with Crippen molar-refractivity contribution in [2.45, 2.75) is 33.7 Å². The van der Waals surface area contributed by atoms with E-state index in [4.69, 9.17) is 4.74 Å². The predicted molar refractivity (Wildman–Crippen MR) is 116 cm³/mol. The lowest BCUT2D eigenvalue weighted by atomic mass is 10.0. The number of nitrogens with one attached hydrogen (secondary N) is 1. The minimum atomic E-state index is -1.11. The van der Waals surface area contributed by atoms with Crippen molar-refractivity contribution in [3.05, 3.63) is 59.5 Å². The van der Waals surface area contributed by atoms with Crippen LogP contribution in [0.4, 0.5) is 5.69 Å². The van der Waals surface area contributed by atoms with Crippen LogP contribution in [0.15, 0.2) is 48.3 Å². The van der Waals surface area contributed by atoms with Gasteiger partial charge in [-0.15, -0.1) is 0 Å². The Bertz CT molecular complexity index is 1040. The summed E-state index contributed by atoms with van der Waals surface area (Å²) in [5, 5.41) is 10.8. The summed E-state index contributed by atoms with van der Waals surface area (Å²) in [6.45, 7) is 7.26. The van der Waals surface area contributed by atoms with Crippen LogP contribution in [-0.2, 0) is 22.3 Å². The van der Waals surface area contributed by atoms with Crippen molar-refractivity contribution >= 4 is 33.1 Å². The van der Waals surface area contributed by atoms with Crippen LogP contribution in [0.25, 0.3) is 16.5 Å². The molecule has 1 aromatic carbocycles. The smallest absolute Gasteiger partial charge is 0.118 e. The van der Waals surface area contributed by atoms with Gasteiger partial charge in [0.2, 0.25) is 0 Å². The van der Waals surface area contributed by atoms with Crippen molar-refractivity contribution < 1.29 is 8.95 Å². The monoisotopic (exact) mass is 395 g/mol. The van der Waals surface area contributed by atoms with E-state index < -0.39 is 11.0 Å². The molecule has 0 aliphatic heterocycles. The van der Waals surface area contributed by atoms with Crippen molar-refractivity contribution in [2.24, 2.45) is 0 Å². The second-order valence-electron chi connectivity index (χ2n) is 6.35. The Morgan fingerprint density at radius 2 is 2.11 bits per heavy atom. The maximum Gasteiger partial charge on any atom is 0.118 e. The number of fused-ring (bicyclic) bond motifs is 1. The fraction of sp³-hybridized carbons (Fsp3) is 0.318. The van der Waals surface area contributed by atoms with Crippen LogP contribution >= 0.6 is 0 Å². The molecular formula is C22H25N3O2S. The Balaban J connectivity index is 2.16. The number of ether oxygens (including phenoxy) is 1. The number of hydrogen-bond acceptors (Lipinski definition) is 3. The highest BCUT2D eigenvalue weighted by Gasteiger charge is 2.20. The first kappa shape index (κ1) is 20.0. The molecule has 1 aliphatic rings. The molecule has 6 heteroatoms. The first-order chi connectivity index (χ1) is 13.6. The highest BCUT2D eigenvalue weighted by atomic mass is 32.2. The summed E-state index contributed by atoms with van der Waals surface area (Å²) < 4.78 is 22.7. The molecule has 0 radical (unpaired) electrons. The fourth-order valence-corrected chi connectivity index (χ4v) is 3.97. The highest BCUT2D eigenvalue weighted by Crippen LogP contribution is 2.34. The maximum atomic E-state index is 11.9. The summed E-state index contributed by atoms with van der Waals surface area (Å²) in [6.07, 6.45) is 8.76. The number of aromatic nitrogens is 1. The molecule has 28 heavy (non-hydrogen) atoms. The van der Waals surface area contributed by atoms with Gasteiger partial charge < -0.3 is 14.0 Å². The van der Waals surface area contributed by atoms with E-state index in [1.807, 2.05) is 50.3 Å². The Kier molecular flexibility index (Phi) is 6.37. The molecule has 5 nitrogen and oxygen atoms in total. The van der Waals surface area contributed by atoms with Crippen LogP contribution in [0.1, 0.15) is 38.4 Å². The van der Waals surface area contributed by atoms with Gasteiger partial charge in [0, 0.05) is 23.4 Å². The second-order valence-corrected chi connectivity index (χ2v) is 7.82. The Labute approximate surface area is 168 Å². The molecule has 1 atom stereocenters. The van der Waals surface area contributed by atoms with Crippen LogP contribution in [-0.4, -0.2) is 21.1 Å². The molecule has 0 fully saturated rings. The Morgan fingerprint density at radius 1 is 1.29 bits per heavy atom. The van der Waals surface area contributed by atoms with E-state index in [1.54, 1.807) is 0 Å². The quantitative estimate of drug-likeness (QED) is 0.726. The van der Waals surface area contributed by atoms with Gasteiger partial charge in [-0.3, -0.25) is 0 Å². The number of anilines is 1. The third-order valence-electron chi connectivity index (χ3n) is 4.67. The van der Waals surface area contributed by atoms with Gasteiger partial charge in [-0.25, -0.2) is 4.21 Å².